The zero-order valence-electron chi connectivity index (χ0n) is 11.1. The summed E-state index contributed by atoms with van der Waals surface area (Å²) in [5, 5.41) is 12.4. The number of anilines is 1. The van der Waals surface area contributed by atoms with E-state index in [9.17, 15) is 0 Å². The quantitative estimate of drug-likeness (QED) is 0.901. The molecule has 0 heterocycles. The van der Waals surface area contributed by atoms with Gasteiger partial charge in [0.1, 0.15) is 11.8 Å². The summed E-state index contributed by atoms with van der Waals surface area (Å²) in [7, 11) is 1.65. The number of nitrogens with one attached hydrogen (secondary N) is 1. The van der Waals surface area contributed by atoms with Crippen molar-refractivity contribution in [2.45, 2.75) is 13.0 Å². The molecular formula is C16H16N2O. The first kappa shape index (κ1) is 13.0. The van der Waals surface area contributed by atoms with Crippen LogP contribution in [0.15, 0.2) is 48.5 Å². The van der Waals surface area contributed by atoms with E-state index in [-0.39, 0.29) is 6.04 Å². The molecule has 2 aromatic carbocycles. The highest BCUT2D eigenvalue weighted by atomic mass is 16.5. The van der Waals surface area contributed by atoms with E-state index in [2.05, 4.69) is 18.3 Å². The Bertz CT molecular complexity index is 602. The molecule has 0 amide bonds. The number of ether oxygens (including phenoxy) is 1. The molecular weight excluding hydrogens is 236 g/mol. The van der Waals surface area contributed by atoms with Gasteiger partial charge < -0.3 is 10.1 Å². The highest BCUT2D eigenvalue weighted by Gasteiger charge is 2.08. The maximum Gasteiger partial charge on any atom is 0.119 e. The zero-order valence-corrected chi connectivity index (χ0v) is 11.1. The van der Waals surface area contributed by atoms with Gasteiger partial charge in [-0.05, 0) is 36.8 Å². The van der Waals surface area contributed by atoms with Crippen LogP contribution < -0.4 is 10.1 Å². The minimum Gasteiger partial charge on any atom is -0.497 e. The summed E-state index contributed by atoms with van der Waals surface area (Å²) in [6, 6.07) is 17.7. The predicted molar refractivity (Wildman–Crippen MR) is 76.2 cm³/mol. The van der Waals surface area contributed by atoms with Crippen molar-refractivity contribution in [2.75, 3.05) is 12.4 Å². The van der Waals surface area contributed by atoms with Crippen LogP contribution in [-0.2, 0) is 0 Å². The first-order valence-corrected chi connectivity index (χ1v) is 6.14. The number of nitriles is 1. The number of hydrogen-bond acceptors (Lipinski definition) is 3. The van der Waals surface area contributed by atoms with Crippen molar-refractivity contribution in [1.29, 1.82) is 5.26 Å². The number of hydrogen-bond donors (Lipinski definition) is 1. The van der Waals surface area contributed by atoms with Gasteiger partial charge in [-0.2, -0.15) is 5.26 Å². The highest BCUT2D eigenvalue weighted by Crippen LogP contribution is 2.24. The van der Waals surface area contributed by atoms with E-state index in [4.69, 9.17) is 10.00 Å². The molecule has 3 heteroatoms. The normalized spacial score (nSPS) is 11.4. The molecule has 1 atom stereocenters. The third kappa shape index (κ3) is 3.05. The van der Waals surface area contributed by atoms with Gasteiger partial charge in [-0.3, -0.25) is 0 Å². The molecule has 0 saturated heterocycles. The molecule has 2 rings (SSSR count). The van der Waals surface area contributed by atoms with Crippen molar-refractivity contribution in [3.63, 3.8) is 0 Å². The lowest BCUT2D eigenvalue weighted by Crippen LogP contribution is -2.07. The fourth-order valence-electron chi connectivity index (χ4n) is 1.93. The Morgan fingerprint density at radius 3 is 2.68 bits per heavy atom. The number of benzene rings is 2. The summed E-state index contributed by atoms with van der Waals surface area (Å²) < 4.78 is 5.22. The summed E-state index contributed by atoms with van der Waals surface area (Å²) in [6.07, 6.45) is 0. The topological polar surface area (TPSA) is 45.0 Å². The first-order valence-electron chi connectivity index (χ1n) is 6.14. The first-order chi connectivity index (χ1) is 9.24. The highest BCUT2D eigenvalue weighted by molar-refractivity contribution is 5.58. The van der Waals surface area contributed by atoms with Gasteiger partial charge in [0.25, 0.3) is 0 Å². The Labute approximate surface area is 113 Å². The lowest BCUT2D eigenvalue weighted by atomic mass is 10.1. The Hall–Kier alpha value is -2.47. The average Bonchev–Trinajstić information content (AvgIpc) is 2.47. The molecule has 1 N–H and O–H groups in total. The number of para-hydroxylation sites is 1. The number of rotatable bonds is 4. The molecule has 0 saturated carbocycles. The van der Waals surface area contributed by atoms with Crippen LogP contribution in [0.5, 0.6) is 5.75 Å². The molecule has 96 valence electrons. The molecule has 1 unspecified atom stereocenters. The molecule has 0 spiro atoms. The van der Waals surface area contributed by atoms with Crippen LogP contribution in [0.4, 0.5) is 5.69 Å². The molecule has 19 heavy (non-hydrogen) atoms. The van der Waals surface area contributed by atoms with E-state index in [1.807, 2.05) is 42.5 Å². The zero-order chi connectivity index (χ0) is 13.7. The fourth-order valence-corrected chi connectivity index (χ4v) is 1.93. The Morgan fingerprint density at radius 1 is 1.16 bits per heavy atom. The van der Waals surface area contributed by atoms with E-state index in [1.54, 1.807) is 13.2 Å². The second-order valence-electron chi connectivity index (χ2n) is 4.30. The maximum atomic E-state index is 9.07. The van der Waals surface area contributed by atoms with Crippen LogP contribution in [-0.4, -0.2) is 7.11 Å². The van der Waals surface area contributed by atoms with Crippen molar-refractivity contribution in [2.24, 2.45) is 0 Å². The van der Waals surface area contributed by atoms with Gasteiger partial charge in [-0.25, -0.2) is 0 Å². The summed E-state index contributed by atoms with van der Waals surface area (Å²) >= 11 is 0. The van der Waals surface area contributed by atoms with Gasteiger partial charge in [-0.15, -0.1) is 0 Å². The van der Waals surface area contributed by atoms with Gasteiger partial charge in [0.2, 0.25) is 0 Å². The second kappa shape index (κ2) is 5.92. The van der Waals surface area contributed by atoms with E-state index in [0.29, 0.717) is 5.56 Å². The van der Waals surface area contributed by atoms with Crippen LogP contribution >= 0.6 is 0 Å². The van der Waals surface area contributed by atoms with E-state index in [0.717, 1.165) is 17.0 Å². The standard InChI is InChI=1S/C16H16N2O/c1-12(13-7-5-8-15(10-13)19-2)18-16-9-4-3-6-14(16)11-17/h3-10,12,18H,1-2H3. The van der Waals surface area contributed by atoms with Crippen molar-refractivity contribution < 1.29 is 4.74 Å². The summed E-state index contributed by atoms with van der Waals surface area (Å²) in [5.74, 6) is 0.833. The molecule has 0 aliphatic rings. The monoisotopic (exact) mass is 252 g/mol. The van der Waals surface area contributed by atoms with Gasteiger partial charge in [0.15, 0.2) is 0 Å². The predicted octanol–water partition coefficient (Wildman–Crippen LogP) is 3.74. The van der Waals surface area contributed by atoms with Crippen molar-refractivity contribution in [3.8, 4) is 11.8 Å². The molecule has 0 bridgehead atoms. The third-order valence-electron chi connectivity index (χ3n) is 3.01. The summed E-state index contributed by atoms with van der Waals surface area (Å²) in [4.78, 5) is 0. The summed E-state index contributed by atoms with van der Waals surface area (Å²) in [5.41, 5.74) is 2.62. The Balaban J connectivity index is 2.21. The Morgan fingerprint density at radius 2 is 1.95 bits per heavy atom. The third-order valence-corrected chi connectivity index (χ3v) is 3.01. The Kier molecular flexibility index (Phi) is 4.04. The molecule has 3 nitrogen and oxygen atoms in total. The smallest absolute Gasteiger partial charge is 0.119 e. The van der Waals surface area contributed by atoms with Crippen LogP contribution in [0.25, 0.3) is 0 Å². The molecule has 0 fully saturated rings. The molecule has 0 aliphatic carbocycles. The van der Waals surface area contributed by atoms with Gasteiger partial charge in [-0.1, -0.05) is 24.3 Å². The van der Waals surface area contributed by atoms with Crippen LogP contribution in [0, 0.1) is 11.3 Å². The minimum atomic E-state index is 0.101. The fraction of sp³-hybridized carbons (Fsp3) is 0.188. The van der Waals surface area contributed by atoms with Gasteiger partial charge in [0.05, 0.1) is 18.4 Å². The van der Waals surface area contributed by atoms with E-state index in [1.165, 1.54) is 0 Å². The lowest BCUT2D eigenvalue weighted by Gasteiger charge is -2.17. The van der Waals surface area contributed by atoms with Crippen LogP contribution in [0.1, 0.15) is 24.1 Å². The van der Waals surface area contributed by atoms with Gasteiger partial charge >= 0.3 is 0 Å². The average molecular weight is 252 g/mol. The van der Waals surface area contributed by atoms with Crippen LogP contribution in [0.2, 0.25) is 0 Å². The molecule has 0 radical (unpaired) electrons. The SMILES string of the molecule is COc1cccc(C(C)Nc2ccccc2C#N)c1. The molecule has 2 aromatic rings. The molecule has 0 aromatic heterocycles. The molecule has 0 aliphatic heterocycles. The van der Waals surface area contributed by atoms with Gasteiger partial charge in [0, 0.05) is 6.04 Å². The largest absolute Gasteiger partial charge is 0.497 e. The summed E-state index contributed by atoms with van der Waals surface area (Å²) in [6.45, 7) is 2.06. The minimum absolute atomic E-state index is 0.101. The van der Waals surface area contributed by atoms with Crippen LogP contribution in [0.3, 0.4) is 0 Å². The van der Waals surface area contributed by atoms with E-state index < -0.39 is 0 Å². The number of methoxy groups -OCH3 is 1. The van der Waals surface area contributed by atoms with Crippen molar-refractivity contribution in [3.05, 3.63) is 59.7 Å². The number of nitrogens with zero attached hydrogens (tertiary/aromatic N) is 1. The maximum absolute atomic E-state index is 9.07. The van der Waals surface area contributed by atoms with Crippen molar-refractivity contribution in [1.82, 2.24) is 0 Å². The van der Waals surface area contributed by atoms with E-state index >= 15 is 0 Å². The second-order valence-corrected chi connectivity index (χ2v) is 4.30. The van der Waals surface area contributed by atoms with Crippen molar-refractivity contribution >= 4 is 5.69 Å². The lowest BCUT2D eigenvalue weighted by molar-refractivity contribution is 0.414.